The summed E-state index contributed by atoms with van der Waals surface area (Å²) in [6, 6.07) is 2.93. The fourth-order valence-electron chi connectivity index (χ4n) is 2.85. The Morgan fingerprint density at radius 3 is 2.61 bits per heavy atom. The van der Waals surface area contributed by atoms with Crippen LogP contribution in [0.1, 0.15) is 47.8 Å². The molecule has 1 aromatic rings. The lowest BCUT2D eigenvalue weighted by atomic mass is 10.1. The molecule has 2 heterocycles. The normalized spacial score (nSPS) is 28.4. The summed E-state index contributed by atoms with van der Waals surface area (Å²) in [5, 5.41) is 5.53. The standard InChI is InChI=1S/C14H20N2OS/c1-9-7-16(8-10(2)15-9)14(17)13-12(5-6-18-13)11-3-4-11/h5-6,9-11,15H,3-4,7-8H2,1-2H3/t9-,10+. The fraction of sp³-hybridized carbons (Fsp3) is 0.643. The summed E-state index contributed by atoms with van der Waals surface area (Å²) >= 11 is 1.61. The van der Waals surface area contributed by atoms with Crippen LogP contribution in [0, 0.1) is 0 Å². The van der Waals surface area contributed by atoms with Crippen LogP contribution in [-0.2, 0) is 0 Å². The molecule has 0 unspecified atom stereocenters. The van der Waals surface area contributed by atoms with E-state index in [1.165, 1.54) is 18.4 Å². The minimum absolute atomic E-state index is 0.243. The van der Waals surface area contributed by atoms with E-state index in [2.05, 4.69) is 30.6 Å². The average Bonchev–Trinajstić information content (AvgIpc) is 3.05. The van der Waals surface area contributed by atoms with Crippen molar-refractivity contribution in [1.82, 2.24) is 10.2 Å². The van der Waals surface area contributed by atoms with Crippen molar-refractivity contribution in [2.75, 3.05) is 13.1 Å². The van der Waals surface area contributed by atoms with Crippen LogP contribution in [0.2, 0.25) is 0 Å². The molecular weight excluding hydrogens is 244 g/mol. The average molecular weight is 264 g/mol. The molecule has 2 aliphatic rings. The monoisotopic (exact) mass is 264 g/mol. The molecule has 1 amide bonds. The lowest BCUT2D eigenvalue weighted by molar-refractivity contribution is 0.0677. The van der Waals surface area contributed by atoms with Crippen molar-refractivity contribution in [3.8, 4) is 0 Å². The topological polar surface area (TPSA) is 32.3 Å². The molecule has 1 saturated heterocycles. The molecule has 1 aliphatic carbocycles. The molecule has 3 nitrogen and oxygen atoms in total. The van der Waals surface area contributed by atoms with Gasteiger partial charge in [-0.05, 0) is 49.6 Å². The Morgan fingerprint density at radius 2 is 2.00 bits per heavy atom. The van der Waals surface area contributed by atoms with Gasteiger partial charge in [0.05, 0.1) is 4.88 Å². The van der Waals surface area contributed by atoms with Crippen LogP contribution in [0.15, 0.2) is 11.4 Å². The van der Waals surface area contributed by atoms with Crippen molar-refractivity contribution in [3.05, 3.63) is 21.9 Å². The van der Waals surface area contributed by atoms with Gasteiger partial charge in [-0.25, -0.2) is 0 Å². The molecule has 1 N–H and O–H groups in total. The van der Waals surface area contributed by atoms with Gasteiger partial charge in [-0.15, -0.1) is 11.3 Å². The summed E-state index contributed by atoms with van der Waals surface area (Å²) in [6.07, 6.45) is 2.51. The first-order valence-corrected chi connectivity index (χ1v) is 7.66. The highest BCUT2D eigenvalue weighted by Gasteiger charge is 2.32. The number of hydrogen-bond acceptors (Lipinski definition) is 3. The number of hydrogen-bond donors (Lipinski definition) is 1. The zero-order chi connectivity index (χ0) is 12.7. The Hall–Kier alpha value is -0.870. The molecule has 18 heavy (non-hydrogen) atoms. The molecule has 1 aliphatic heterocycles. The number of nitrogens with one attached hydrogen (secondary N) is 1. The van der Waals surface area contributed by atoms with Crippen molar-refractivity contribution >= 4 is 17.2 Å². The van der Waals surface area contributed by atoms with Gasteiger partial charge in [0.1, 0.15) is 0 Å². The maximum absolute atomic E-state index is 12.6. The Balaban J connectivity index is 1.78. The first kappa shape index (κ1) is 12.2. The predicted molar refractivity (Wildman–Crippen MR) is 74.3 cm³/mol. The van der Waals surface area contributed by atoms with Crippen molar-refractivity contribution in [2.45, 2.75) is 44.7 Å². The highest BCUT2D eigenvalue weighted by atomic mass is 32.1. The van der Waals surface area contributed by atoms with Crippen molar-refractivity contribution in [1.29, 1.82) is 0 Å². The Kier molecular flexibility index (Phi) is 3.16. The van der Waals surface area contributed by atoms with Gasteiger partial charge in [0.15, 0.2) is 0 Å². The zero-order valence-electron chi connectivity index (χ0n) is 11.0. The van der Waals surface area contributed by atoms with E-state index in [4.69, 9.17) is 0 Å². The van der Waals surface area contributed by atoms with Crippen LogP contribution < -0.4 is 5.32 Å². The lowest BCUT2D eigenvalue weighted by Crippen LogP contribution is -2.55. The minimum atomic E-state index is 0.243. The van der Waals surface area contributed by atoms with E-state index in [1.54, 1.807) is 11.3 Å². The van der Waals surface area contributed by atoms with Gasteiger partial charge >= 0.3 is 0 Å². The molecule has 1 saturated carbocycles. The number of carbonyl (C=O) groups is 1. The Morgan fingerprint density at radius 1 is 1.33 bits per heavy atom. The third kappa shape index (κ3) is 2.31. The highest BCUT2D eigenvalue weighted by molar-refractivity contribution is 7.12. The van der Waals surface area contributed by atoms with E-state index in [0.717, 1.165) is 18.0 Å². The van der Waals surface area contributed by atoms with Gasteiger partial charge < -0.3 is 10.2 Å². The largest absolute Gasteiger partial charge is 0.335 e. The molecule has 0 aromatic carbocycles. The molecular formula is C14H20N2OS. The number of carbonyl (C=O) groups excluding carboxylic acids is 1. The quantitative estimate of drug-likeness (QED) is 0.890. The van der Waals surface area contributed by atoms with E-state index >= 15 is 0 Å². The van der Waals surface area contributed by atoms with Crippen LogP contribution in [0.5, 0.6) is 0 Å². The summed E-state index contributed by atoms with van der Waals surface area (Å²) < 4.78 is 0. The number of piperazine rings is 1. The second kappa shape index (κ2) is 4.67. The number of nitrogens with zero attached hydrogens (tertiary/aromatic N) is 1. The van der Waals surface area contributed by atoms with Gasteiger partial charge in [-0.2, -0.15) is 0 Å². The Labute approximate surface area is 112 Å². The zero-order valence-corrected chi connectivity index (χ0v) is 11.8. The van der Waals surface area contributed by atoms with Gasteiger partial charge in [0.25, 0.3) is 5.91 Å². The summed E-state index contributed by atoms with van der Waals surface area (Å²) in [6.45, 7) is 5.94. The van der Waals surface area contributed by atoms with Crippen molar-refractivity contribution in [2.24, 2.45) is 0 Å². The van der Waals surface area contributed by atoms with Gasteiger partial charge in [-0.3, -0.25) is 4.79 Å². The van der Waals surface area contributed by atoms with E-state index < -0.39 is 0 Å². The first-order chi connectivity index (χ1) is 8.65. The molecule has 0 spiro atoms. The second-order valence-electron chi connectivity index (χ2n) is 5.66. The van der Waals surface area contributed by atoms with Crippen LogP contribution in [0.4, 0.5) is 0 Å². The molecule has 1 aromatic heterocycles. The van der Waals surface area contributed by atoms with Crippen LogP contribution in [0.25, 0.3) is 0 Å². The number of rotatable bonds is 2. The first-order valence-electron chi connectivity index (χ1n) is 6.78. The molecule has 2 atom stereocenters. The Bertz CT molecular complexity index is 442. The van der Waals surface area contributed by atoms with E-state index in [1.807, 2.05) is 4.90 Å². The van der Waals surface area contributed by atoms with E-state index in [0.29, 0.717) is 18.0 Å². The minimum Gasteiger partial charge on any atom is -0.335 e. The third-order valence-corrected chi connectivity index (χ3v) is 4.67. The molecule has 3 rings (SSSR count). The lowest BCUT2D eigenvalue weighted by Gasteiger charge is -2.36. The summed E-state index contributed by atoms with van der Waals surface area (Å²) in [7, 11) is 0. The van der Waals surface area contributed by atoms with Crippen molar-refractivity contribution < 1.29 is 4.79 Å². The molecule has 0 bridgehead atoms. The second-order valence-corrected chi connectivity index (χ2v) is 6.57. The predicted octanol–water partition coefficient (Wildman–Crippen LogP) is 2.45. The molecule has 98 valence electrons. The highest BCUT2D eigenvalue weighted by Crippen LogP contribution is 2.43. The molecule has 2 fully saturated rings. The molecule has 0 radical (unpaired) electrons. The third-order valence-electron chi connectivity index (χ3n) is 3.75. The van der Waals surface area contributed by atoms with Crippen LogP contribution >= 0.6 is 11.3 Å². The summed E-state index contributed by atoms with van der Waals surface area (Å²) in [4.78, 5) is 15.6. The van der Waals surface area contributed by atoms with Gasteiger partial charge in [-0.1, -0.05) is 0 Å². The SMILES string of the molecule is C[C@@H]1CN(C(=O)c2sccc2C2CC2)C[C@H](C)N1. The van der Waals surface area contributed by atoms with Crippen molar-refractivity contribution in [3.63, 3.8) is 0 Å². The summed E-state index contributed by atoms with van der Waals surface area (Å²) in [5.74, 6) is 0.903. The van der Waals surface area contributed by atoms with Crippen LogP contribution in [-0.4, -0.2) is 36.0 Å². The molecule has 4 heteroatoms. The van der Waals surface area contributed by atoms with E-state index in [9.17, 15) is 4.79 Å². The maximum Gasteiger partial charge on any atom is 0.264 e. The summed E-state index contributed by atoms with van der Waals surface area (Å²) in [5.41, 5.74) is 1.30. The van der Waals surface area contributed by atoms with Gasteiger partial charge in [0, 0.05) is 25.2 Å². The number of thiophene rings is 1. The maximum atomic E-state index is 12.6. The van der Waals surface area contributed by atoms with E-state index in [-0.39, 0.29) is 5.91 Å². The van der Waals surface area contributed by atoms with Gasteiger partial charge in [0.2, 0.25) is 0 Å². The number of amides is 1. The smallest absolute Gasteiger partial charge is 0.264 e. The fourth-order valence-corrected chi connectivity index (χ4v) is 3.80. The van der Waals surface area contributed by atoms with Crippen LogP contribution in [0.3, 0.4) is 0 Å².